The molecule has 0 saturated heterocycles. The standard InChI is InChI=1S/C21H21N3O2S.HI/c1-27(25)20-12-10-16(11-13-20)15-23-21(22)24-17-6-5-9-19(14-17)26-18-7-3-2-4-8-18;/h2-14H,15H2,1H3,(H3,22,23,24);1H. The molecule has 0 radical (unpaired) electrons. The summed E-state index contributed by atoms with van der Waals surface area (Å²) in [6.45, 7) is 0.440. The fourth-order valence-corrected chi connectivity index (χ4v) is 2.93. The van der Waals surface area contributed by atoms with E-state index < -0.39 is 10.8 Å². The molecule has 28 heavy (non-hydrogen) atoms. The van der Waals surface area contributed by atoms with Crippen molar-refractivity contribution in [2.45, 2.75) is 11.4 Å². The zero-order chi connectivity index (χ0) is 19.1. The molecule has 5 nitrogen and oxygen atoms in total. The van der Waals surface area contributed by atoms with Gasteiger partial charge < -0.3 is 15.8 Å². The first kappa shape index (κ1) is 21.9. The van der Waals surface area contributed by atoms with Gasteiger partial charge in [0.15, 0.2) is 5.96 Å². The molecule has 0 amide bonds. The lowest BCUT2D eigenvalue weighted by molar-refractivity contribution is 0.483. The molecule has 0 aliphatic carbocycles. The van der Waals surface area contributed by atoms with E-state index in [-0.39, 0.29) is 24.0 Å². The van der Waals surface area contributed by atoms with Crippen molar-refractivity contribution in [3.8, 4) is 11.5 Å². The van der Waals surface area contributed by atoms with Gasteiger partial charge in [-0.25, -0.2) is 4.99 Å². The summed E-state index contributed by atoms with van der Waals surface area (Å²) in [5.74, 6) is 1.80. The summed E-state index contributed by atoms with van der Waals surface area (Å²) in [4.78, 5) is 5.14. The minimum absolute atomic E-state index is 0. The van der Waals surface area contributed by atoms with Crippen LogP contribution in [0.25, 0.3) is 0 Å². The first-order valence-electron chi connectivity index (χ1n) is 8.42. The Morgan fingerprint density at radius 3 is 2.36 bits per heavy atom. The highest BCUT2D eigenvalue weighted by Gasteiger charge is 2.01. The topological polar surface area (TPSA) is 76.7 Å². The number of hydrogen-bond acceptors (Lipinski definition) is 3. The van der Waals surface area contributed by atoms with Crippen LogP contribution in [0.2, 0.25) is 0 Å². The number of para-hydroxylation sites is 1. The molecule has 3 aromatic carbocycles. The SMILES string of the molecule is CS(=O)c1ccc(CN=C(N)Nc2cccc(Oc3ccccc3)c2)cc1.I. The number of benzene rings is 3. The lowest BCUT2D eigenvalue weighted by Gasteiger charge is -2.09. The third-order valence-electron chi connectivity index (χ3n) is 3.77. The number of aliphatic imine (C=N–C) groups is 1. The monoisotopic (exact) mass is 507 g/mol. The Kier molecular flexibility index (Phi) is 8.46. The van der Waals surface area contributed by atoms with E-state index >= 15 is 0 Å². The minimum Gasteiger partial charge on any atom is -0.457 e. The molecule has 3 rings (SSSR count). The fraction of sp³-hybridized carbons (Fsp3) is 0.0952. The van der Waals surface area contributed by atoms with E-state index in [1.54, 1.807) is 6.26 Å². The van der Waals surface area contributed by atoms with Crippen LogP contribution in [-0.4, -0.2) is 16.4 Å². The number of guanidine groups is 1. The first-order chi connectivity index (χ1) is 13.1. The number of nitrogens with zero attached hydrogens (tertiary/aromatic N) is 1. The van der Waals surface area contributed by atoms with Crippen molar-refractivity contribution in [3.05, 3.63) is 84.4 Å². The third-order valence-corrected chi connectivity index (χ3v) is 4.71. The number of anilines is 1. The van der Waals surface area contributed by atoms with Crippen LogP contribution >= 0.6 is 24.0 Å². The minimum atomic E-state index is -0.978. The lowest BCUT2D eigenvalue weighted by atomic mass is 10.2. The Labute approximate surface area is 184 Å². The maximum absolute atomic E-state index is 11.4. The van der Waals surface area contributed by atoms with Crippen molar-refractivity contribution in [1.29, 1.82) is 0 Å². The highest BCUT2D eigenvalue weighted by molar-refractivity contribution is 14.0. The molecular weight excluding hydrogens is 485 g/mol. The molecule has 0 fully saturated rings. The molecule has 146 valence electrons. The third kappa shape index (κ3) is 6.65. The summed E-state index contributed by atoms with van der Waals surface area (Å²) in [5.41, 5.74) is 7.77. The van der Waals surface area contributed by atoms with Crippen LogP contribution in [-0.2, 0) is 17.3 Å². The molecule has 1 atom stereocenters. The van der Waals surface area contributed by atoms with Crippen LogP contribution in [0, 0.1) is 0 Å². The lowest BCUT2D eigenvalue weighted by Crippen LogP contribution is -2.22. The van der Waals surface area contributed by atoms with Crippen molar-refractivity contribution in [2.24, 2.45) is 10.7 Å². The summed E-state index contributed by atoms with van der Waals surface area (Å²) in [6, 6.07) is 24.6. The molecule has 0 aliphatic rings. The number of rotatable bonds is 6. The van der Waals surface area contributed by atoms with Crippen molar-refractivity contribution in [2.75, 3.05) is 11.6 Å². The normalized spacial score (nSPS) is 12.0. The molecule has 7 heteroatoms. The Hall–Kier alpha value is -2.39. The summed E-state index contributed by atoms with van der Waals surface area (Å²) in [7, 11) is -0.978. The number of ether oxygens (including phenoxy) is 1. The summed E-state index contributed by atoms with van der Waals surface area (Å²) in [6.07, 6.45) is 1.66. The molecule has 0 bridgehead atoms. The molecule has 0 heterocycles. The fourth-order valence-electron chi connectivity index (χ4n) is 2.41. The maximum Gasteiger partial charge on any atom is 0.193 e. The predicted octanol–water partition coefficient (Wildman–Crippen LogP) is 4.76. The Morgan fingerprint density at radius 1 is 1.00 bits per heavy atom. The van der Waals surface area contributed by atoms with Gasteiger partial charge in [-0.15, -0.1) is 24.0 Å². The van der Waals surface area contributed by atoms with E-state index in [0.29, 0.717) is 18.3 Å². The van der Waals surface area contributed by atoms with E-state index in [9.17, 15) is 4.21 Å². The van der Waals surface area contributed by atoms with Crippen LogP contribution in [0.4, 0.5) is 5.69 Å². The summed E-state index contributed by atoms with van der Waals surface area (Å²) in [5, 5.41) is 3.07. The molecule has 3 aromatic rings. The van der Waals surface area contributed by atoms with E-state index in [1.807, 2.05) is 78.9 Å². The van der Waals surface area contributed by atoms with Gasteiger partial charge in [-0.3, -0.25) is 4.21 Å². The zero-order valence-corrected chi connectivity index (χ0v) is 18.5. The molecule has 3 N–H and O–H groups in total. The van der Waals surface area contributed by atoms with Crippen molar-refractivity contribution in [1.82, 2.24) is 0 Å². The van der Waals surface area contributed by atoms with Crippen molar-refractivity contribution < 1.29 is 8.95 Å². The second kappa shape index (κ2) is 10.8. The van der Waals surface area contributed by atoms with Gasteiger partial charge in [0.1, 0.15) is 11.5 Å². The quantitative estimate of drug-likeness (QED) is 0.287. The average molecular weight is 507 g/mol. The van der Waals surface area contributed by atoms with Gasteiger partial charge in [0, 0.05) is 33.7 Å². The smallest absolute Gasteiger partial charge is 0.193 e. The Balaban J connectivity index is 0.00000280. The van der Waals surface area contributed by atoms with E-state index in [1.165, 1.54) is 0 Å². The molecule has 1 unspecified atom stereocenters. The average Bonchev–Trinajstić information content (AvgIpc) is 2.68. The molecular formula is C21H22IN3O2S. The van der Waals surface area contributed by atoms with Gasteiger partial charge in [-0.05, 0) is 42.0 Å². The number of hydrogen-bond donors (Lipinski definition) is 2. The second-order valence-electron chi connectivity index (χ2n) is 5.87. The van der Waals surface area contributed by atoms with Gasteiger partial charge in [-0.1, -0.05) is 36.4 Å². The van der Waals surface area contributed by atoms with Gasteiger partial charge in [0.05, 0.1) is 6.54 Å². The van der Waals surface area contributed by atoms with Crippen molar-refractivity contribution >= 4 is 46.4 Å². The largest absolute Gasteiger partial charge is 0.457 e. The van der Waals surface area contributed by atoms with E-state index in [0.717, 1.165) is 21.9 Å². The highest BCUT2D eigenvalue weighted by Crippen LogP contribution is 2.23. The molecule has 0 spiro atoms. The highest BCUT2D eigenvalue weighted by atomic mass is 127. The van der Waals surface area contributed by atoms with Crippen LogP contribution in [0.1, 0.15) is 5.56 Å². The van der Waals surface area contributed by atoms with Crippen molar-refractivity contribution in [3.63, 3.8) is 0 Å². The number of nitrogens with two attached hydrogens (primary N) is 1. The number of nitrogens with one attached hydrogen (secondary N) is 1. The summed E-state index contributed by atoms with van der Waals surface area (Å²) < 4.78 is 17.2. The zero-order valence-electron chi connectivity index (χ0n) is 15.4. The van der Waals surface area contributed by atoms with E-state index in [2.05, 4.69) is 10.3 Å². The summed E-state index contributed by atoms with van der Waals surface area (Å²) >= 11 is 0. The Bertz CT molecular complexity index is 947. The van der Waals surface area contributed by atoms with Gasteiger partial charge in [0.25, 0.3) is 0 Å². The number of halogens is 1. The molecule has 0 saturated carbocycles. The van der Waals surface area contributed by atoms with Crippen LogP contribution in [0.15, 0.2) is 88.8 Å². The van der Waals surface area contributed by atoms with Crippen LogP contribution in [0.3, 0.4) is 0 Å². The molecule has 0 aromatic heterocycles. The van der Waals surface area contributed by atoms with Gasteiger partial charge >= 0.3 is 0 Å². The first-order valence-corrected chi connectivity index (χ1v) is 9.98. The van der Waals surface area contributed by atoms with E-state index in [4.69, 9.17) is 10.5 Å². The van der Waals surface area contributed by atoms with Gasteiger partial charge in [-0.2, -0.15) is 0 Å². The van der Waals surface area contributed by atoms with Gasteiger partial charge in [0.2, 0.25) is 0 Å². The predicted molar refractivity (Wildman–Crippen MR) is 126 cm³/mol. The maximum atomic E-state index is 11.4. The van der Waals surface area contributed by atoms with Crippen LogP contribution < -0.4 is 15.8 Å². The Morgan fingerprint density at radius 2 is 1.68 bits per heavy atom. The van der Waals surface area contributed by atoms with Crippen LogP contribution in [0.5, 0.6) is 11.5 Å². The second-order valence-corrected chi connectivity index (χ2v) is 7.25. The molecule has 0 aliphatic heterocycles.